The summed E-state index contributed by atoms with van der Waals surface area (Å²) in [5, 5.41) is 9.44. The molecule has 0 aromatic heterocycles. The molecule has 3 amide bonds. The lowest BCUT2D eigenvalue weighted by Gasteiger charge is -2.21. The highest BCUT2D eigenvalue weighted by atomic mass is 19.4. The first-order chi connectivity index (χ1) is 17.5. The van der Waals surface area contributed by atoms with Crippen molar-refractivity contribution in [2.24, 2.45) is 11.7 Å². The average Bonchev–Trinajstić information content (AvgIpc) is 3.22. The quantitative estimate of drug-likeness (QED) is 0.406. The van der Waals surface area contributed by atoms with Gasteiger partial charge in [0.25, 0.3) is 0 Å². The summed E-state index contributed by atoms with van der Waals surface area (Å²) in [5.74, 6) is -3.86. The third-order valence-electron chi connectivity index (χ3n) is 5.92. The van der Waals surface area contributed by atoms with Crippen LogP contribution in [0.4, 0.5) is 13.2 Å². The zero-order valence-corrected chi connectivity index (χ0v) is 19.7. The van der Waals surface area contributed by atoms with E-state index < -0.39 is 24.0 Å². The molecule has 12 heteroatoms. The molecule has 4 rings (SSSR count). The number of hydrogen-bond donors (Lipinski definition) is 3. The average molecular weight is 521 g/mol. The van der Waals surface area contributed by atoms with E-state index in [4.69, 9.17) is 20.4 Å². The summed E-state index contributed by atoms with van der Waals surface area (Å²) in [6.45, 7) is 1.76. The molecule has 0 unspecified atom stereocenters. The number of hydrogen-bond acceptors (Lipinski definition) is 6. The highest BCUT2D eigenvalue weighted by Crippen LogP contribution is 2.33. The van der Waals surface area contributed by atoms with E-state index in [2.05, 4.69) is 5.32 Å². The maximum Gasteiger partial charge on any atom is 0.490 e. The molecule has 1 fully saturated rings. The molecule has 9 nitrogen and oxygen atoms in total. The van der Waals surface area contributed by atoms with Gasteiger partial charge in [-0.25, -0.2) is 4.79 Å². The molecule has 37 heavy (non-hydrogen) atoms. The Labute approximate surface area is 210 Å². The van der Waals surface area contributed by atoms with Gasteiger partial charge < -0.3 is 20.5 Å². The van der Waals surface area contributed by atoms with E-state index in [1.807, 2.05) is 42.5 Å². The van der Waals surface area contributed by atoms with Crippen LogP contribution in [0.25, 0.3) is 0 Å². The molecule has 1 atom stereocenters. The van der Waals surface area contributed by atoms with Gasteiger partial charge in [0, 0.05) is 25.1 Å². The van der Waals surface area contributed by atoms with Crippen LogP contribution in [-0.4, -0.2) is 39.9 Å². The van der Waals surface area contributed by atoms with Crippen molar-refractivity contribution in [2.45, 2.75) is 51.7 Å². The van der Waals surface area contributed by atoms with Crippen LogP contribution >= 0.6 is 0 Å². The van der Waals surface area contributed by atoms with Gasteiger partial charge in [0.2, 0.25) is 17.7 Å². The van der Waals surface area contributed by atoms with Crippen LogP contribution < -0.4 is 15.8 Å². The van der Waals surface area contributed by atoms with Gasteiger partial charge in [0.15, 0.2) is 0 Å². The van der Waals surface area contributed by atoms with E-state index in [-0.39, 0.29) is 18.2 Å². The highest BCUT2D eigenvalue weighted by Gasteiger charge is 2.38. The largest absolute Gasteiger partial charge is 0.490 e. The summed E-state index contributed by atoms with van der Waals surface area (Å²) >= 11 is 0. The number of ether oxygens (including phenoxy) is 1. The number of halogens is 3. The molecule has 2 heterocycles. The first-order valence-electron chi connectivity index (χ1n) is 11.4. The minimum Gasteiger partial charge on any atom is -0.489 e. The first kappa shape index (κ1) is 27.7. The first-order valence-corrected chi connectivity index (χ1v) is 11.4. The second kappa shape index (κ2) is 11.9. The van der Waals surface area contributed by atoms with Crippen molar-refractivity contribution < 1.29 is 42.2 Å². The van der Waals surface area contributed by atoms with Crippen molar-refractivity contribution >= 4 is 23.7 Å². The number of fused-ring (bicyclic) bond motifs is 1. The molecule has 1 saturated heterocycles. The van der Waals surface area contributed by atoms with E-state index in [0.717, 1.165) is 28.0 Å². The van der Waals surface area contributed by atoms with Crippen LogP contribution in [-0.2, 0) is 45.4 Å². The summed E-state index contributed by atoms with van der Waals surface area (Å²) < 4.78 is 37.8. The van der Waals surface area contributed by atoms with Gasteiger partial charge in [-0.1, -0.05) is 36.4 Å². The summed E-state index contributed by atoms with van der Waals surface area (Å²) in [6, 6.07) is 13.7. The number of carboxylic acid groups (broad SMARTS) is 1. The number of carboxylic acids is 1. The molecule has 0 spiro atoms. The molecule has 4 N–H and O–H groups in total. The van der Waals surface area contributed by atoms with Gasteiger partial charge in [0.05, 0.1) is 6.54 Å². The van der Waals surface area contributed by atoms with Gasteiger partial charge in [-0.05, 0) is 35.6 Å². The summed E-state index contributed by atoms with van der Waals surface area (Å²) in [6.07, 6.45) is -3.88. The molecule has 2 aliphatic heterocycles. The van der Waals surface area contributed by atoms with Gasteiger partial charge in [0.1, 0.15) is 18.3 Å². The third kappa shape index (κ3) is 7.29. The van der Waals surface area contributed by atoms with Gasteiger partial charge in [-0.15, -0.1) is 0 Å². The Morgan fingerprint density at radius 1 is 1.08 bits per heavy atom. The topological polar surface area (TPSA) is 139 Å². The van der Waals surface area contributed by atoms with Crippen LogP contribution in [0, 0.1) is 5.92 Å². The van der Waals surface area contributed by atoms with E-state index in [1.54, 1.807) is 4.90 Å². The van der Waals surface area contributed by atoms with Crippen LogP contribution in [0.3, 0.4) is 0 Å². The SMILES string of the molecule is NCc1ccc(COc2cccc3c2CN(C(=O)[C@H]2CCCC(=O)NC2=O)C3)cc1.O=C(O)C(F)(F)F. The van der Waals surface area contributed by atoms with Crippen LogP contribution in [0.15, 0.2) is 42.5 Å². The summed E-state index contributed by atoms with van der Waals surface area (Å²) in [5.41, 5.74) is 9.73. The minimum absolute atomic E-state index is 0.235. The molecule has 198 valence electrons. The Hall–Kier alpha value is -3.93. The fraction of sp³-hybridized carbons (Fsp3) is 0.360. The number of aliphatic carboxylic acids is 1. The molecule has 0 radical (unpaired) electrons. The number of benzene rings is 2. The van der Waals surface area contributed by atoms with Crippen LogP contribution in [0.1, 0.15) is 41.5 Å². The monoisotopic (exact) mass is 521 g/mol. The molecular formula is C25H26F3N3O6. The Bertz CT molecular complexity index is 1170. The number of nitrogens with two attached hydrogens (primary N) is 1. The van der Waals surface area contributed by atoms with Crippen molar-refractivity contribution in [1.82, 2.24) is 10.2 Å². The number of amides is 3. The number of rotatable bonds is 5. The van der Waals surface area contributed by atoms with Crippen molar-refractivity contribution in [3.8, 4) is 5.75 Å². The highest BCUT2D eigenvalue weighted by molar-refractivity contribution is 6.07. The Morgan fingerprint density at radius 3 is 2.35 bits per heavy atom. The third-order valence-corrected chi connectivity index (χ3v) is 5.92. The van der Waals surface area contributed by atoms with E-state index >= 15 is 0 Å². The maximum atomic E-state index is 13.0. The Balaban J connectivity index is 0.000000479. The second-order valence-corrected chi connectivity index (χ2v) is 8.56. The maximum absolute atomic E-state index is 13.0. The molecule has 0 saturated carbocycles. The molecule has 2 aliphatic rings. The van der Waals surface area contributed by atoms with Crippen molar-refractivity contribution in [2.75, 3.05) is 0 Å². The number of nitrogens with one attached hydrogen (secondary N) is 1. The van der Waals surface area contributed by atoms with Crippen LogP contribution in [0.2, 0.25) is 0 Å². The van der Waals surface area contributed by atoms with Crippen molar-refractivity contribution in [1.29, 1.82) is 0 Å². The lowest BCUT2D eigenvalue weighted by atomic mass is 10.0. The fourth-order valence-corrected chi connectivity index (χ4v) is 3.96. The van der Waals surface area contributed by atoms with Crippen molar-refractivity contribution in [3.63, 3.8) is 0 Å². The number of carbonyl (C=O) groups excluding carboxylic acids is 3. The predicted molar refractivity (Wildman–Crippen MR) is 124 cm³/mol. The second-order valence-electron chi connectivity index (χ2n) is 8.56. The number of imide groups is 1. The standard InChI is InChI=1S/C23H25N3O4.C2HF3O2/c24-11-15-7-9-16(10-8-15)14-30-20-5-1-3-17-12-26(13-19(17)20)23(29)18-4-2-6-21(27)25-22(18)28;3-2(4,5)1(6)7/h1,3,5,7-10,18H,2,4,6,11-14,24H2,(H,25,27,28);(H,6,7)/t18-;/m0./s1. The molecule has 0 aliphatic carbocycles. The number of nitrogens with zero attached hydrogens (tertiary/aromatic N) is 1. The Morgan fingerprint density at radius 2 is 1.73 bits per heavy atom. The fourth-order valence-electron chi connectivity index (χ4n) is 3.96. The smallest absolute Gasteiger partial charge is 0.489 e. The number of carbonyl (C=O) groups is 4. The zero-order valence-electron chi connectivity index (χ0n) is 19.7. The van der Waals surface area contributed by atoms with E-state index in [0.29, 0.717) is 39.1 Å². The van der Waals surface area contributed by atoms with Crippen LogP contribution in [0.5, 0.6) is 5.75 Å². The zero-order chi connectivity index (χ0) is 27.2. The lowest BCUT2D eigenvalue weighted by Crippen LogP contribution is -2.42. The normalized spacial score (nSPS) is 17.2. The minimum atomic E-state index is -5.08. The van der Waals surface area contributed by atoms with E-state index in [9.17, 15) is 27.6 Å². The summed E-state index contributed by atoms with van der Waals surface area (Å²) in [7, 11) is 0. The van der Waals surface area contributed by atoms with Gasteiger partial charge in [-0.2, -0.15) is 13.2 Å². The van der Waals surface area contributed by atoms with E-state index in [1.165, 1.54) is 0 Å². The summed E-state index contributed by atoms with van der Waals surface area (Å²) in [4.78, 5) is 47.4. The predicted octanol–water partition coefficient (Wildman–Crippen LogP) is 2.64. The molecule has 0 bridgehead atoms. The lowest BCUT2D eigenvalue weighted by molar-refractivity contribution is -0.192. The van der Waals surface area contributed by atoms with Gasteiger partial charge in [-0.3, -0.25) is 19.7 Å². The molecule has 2 aromatic carbocycles. The molecule has 2 aromatic rings. The number of alkyl halides is 3. The molecular weight excluding hydrogens is 495 g/mol. The van der Waals surface area contributed by atoms with Gasteiger partial charge >= 0.3 is 12.1 Å². The Kier molecular flexibility index (Phi) is 8.87. The van der Waals surface area contributed by atoms with Crippen molar-refractivity contribution in [3.05, 3.63) is 64.7 Å².